The van der Waals surface area contributed by atoms with Crippen molar-refractivity contribution in [3.63, 3.8) is 0 Å². The Morgan fingerprint density at radius 2 is 2.04 bits per heavy atom. The molecule has 3 N–H and O–H groups in total. The number of hydrazine groups is 1. The first kappa shape index (κ1) is 15.2. The molecule has 1 aromatic heterocycles. The van der Waals surface area contributed by atoms with E-state index in [9.17, 15) is 14.0 Å². The minimum absolute atomic E-state index is 0.178. The monoisotopic (exact) mass is 318 g/mol. The van der Waals surface area contributed by atoms with Crippen molar-refractivity contribution in [2.75, 3.05) is 6.61 Å². The number of aromatic amines is 1. The average molecular weight is 318 g/mol. The van der Waals surface area contributed by atoms with Crippen LogP contribution in [0.5, 0.6) is 0 Å². The Morgan fingerprint density at radius 1 is 1.26 bits per heavy atom. The minimum atomic E-state index is -0.530. The molecule has 2 aromatic rings. The topological polar surface area (TPSA) is 96.1 Å². The molecule has 1 aromatic carbocycles. The molecular weight excluding hydrogens is 303 g/mol. The van der Waals surface area contributed by atoms with Crippen molar-refractivity contribution < 1.29 is 18.7 Å². The second kappa shape index (κ2) is 6.57. The van der Waals surface area contributed by atoms with Crippen LogP contribution >= 0.6 is 0 Å². The van der Waals surface area contributed by atoms with Crippen molar-refractivity contribution in [3.8, 4) is 11.3 Å². The van der Waals surface area contributed by atoms with Crippen LogP contribution in [0.1, 0.15) is 23.3 Å². The summed E-state index contributed by atoms with van der Waals surface area (Å²) in [5, 5.41) is 6.57. The highest BCUT2D eigenvalue weighted by molar-refractivity contribution is 5.95. The molecule has 0 radical (unpaired) electrons. The standard InChI is InChI=1S/C15H15FN4O3/c16-10-5-3-9(4-6-10)11-8-12(18-17-11)14(21)19-20-15(22)13-2-1-7-23-13/h3-6,8,13H,1-2,7H2,(H,17,18)(H,19,21)(H,20,22). The molecule has 1 fully saturated rings. The van der Waals surface area contributed by atoms with Gasteiger partial charge in [-0.05, 0) is 43.2 Å². The van der Waals surface area contributed by atoms with E-state index in [1.807, 2.05) is 0 Å². The number of nitrogens with zero attached hydrogens (tertiary/aromatic N) is 1. The smallest absolute Gasteiger partial charge is 0.287 e. The summed E-state index contributed by atoms with van der Waals surface area (Å²) in [6.45, 7) is 0.549. The van der Waals surface area contributed by atoms with Crippen LogP contribution in [-0.4, -0.2) is 34.7 Å². The van der Waals surface area contributed by atoms with E-state index in [0.29, 0.717) is 24.3 Å². The van der Waals surface area contributed by atoms with E-state index < -0.39 is 12.0 Å². The first-order valence-electron chi connectivity index (χ1n) is 7.16. The number of carbonyl (C=O) groups excluding carboxylic acids is 2. The second-order valence-corrected chi connectivity index (χ2v) is 5.12. The van der Waals surface area contributed by atoms with E-state index in [1.54, 1.807) is 12.1 Å². The summed E-state index contributed by atoms with van der Waals surface area (Å²) in [5.74, 6) is -1.26. The normalized spacial score (nSPS) is 17.0. The Balaban J connectivity index is 1.59. The number of hydrogen-bond donors (Lipinski definition) is 3. The predicted octanol–water partition coefficient (Wildman–Crippen LogP) is 1.16. The van der Waals surface area contributed by atoms with Gasteiger partial charge in [0.15, 0.2) is 0 Å². The summed E-state index contributed by atoms with van der Waals surface area (Å²) < 4.78 is 18.1. The molecule has 1 aliphatic heterocycles. The number of amides is 2. The van der Waals surface area contributed by atoms with E-state index in [0.717, 1.165) is 6.42 Å². The summed E-state index contributed by atoms with van der Waals surface area (Å²) in [4.78, 5) is 23.7. The van der Waals surface area contributed by atoms with Crippen molar-refractivity contribution in [1.29, 1.82) is 0 Å². The molecule has 2 amide bonds. The highest BCUT2D eigenvalue weighted by atomic mass is 19.1. The van der Waals surface area contributed by atoms with Gasteiger partial charge < -0.3 is 4.74 Å². The number of benzene rings is 1. The van der Waals surface area contributed by atoms with Crippen LogP contribution in [0.25, 0.3) is 11.3 Å². The Morgan fingerprint density at radius 3 is 2.74 bits per heavy atom. The third-order valence-corrected chi connectivity index (χ3v) is 3.48. The fourth-order valence-electron chi connectivity index (χ4n) is 2.26. The zero-order valence-electron chi connectivity index (χ0n) is 12.1. The van der Waals surface area contributed by atoms with Crippen LogP contribution < -0.4 is 10.9 Å². The zero-order valence-corrected chi connectivity index (χ0v) is 12.1. The molecule has 0 bridgehead atoms. The third kappa shape index (κ3) is 3.54. The second-order valence-electron chi connectivity index (χ2n) is 5.12. The number of halogens is 1. The molecule has 0 saturated carbocycles. The highest BCUT2D eigenvalue weighted by Crippen LogP contribution is 2.18. The third-order valence-electron chi connectivity index (χ3n) is 3.48. The van der Waals surface area contributed by atoms with E-state index >= 15 is 0 Å². The largest absolute Gasteiger partial charge is 0.368 e. The summed E-state index contributed by atoms with van der Waals surface area (Å²) in [6, 6.07) is 7.26. The Hall–Kier alpha value is -2.74. The fraction of sp³-hybridized carbons (Fsp3) is 0.267. The molecule has 2 heterocycles. The minimum Gasteiger partial charge on any atom is -0.368 e. The van der Waals surface area contributed by atoms with Crippen LogP contribution in [0.2, 0.25) is 0 Å². The maximum Gasteiger partial charge on any atom is 0.287 e. The summed E-state index contributed by atoms with van der Waals surface area (Å²) in [7, 11) is 0. The van der Waals surface area contributed by atoms with Crippen LogP contribution in [0.3, 0.4) is 0 Å². The quantitative estimate of drug-likeness (QED) is 0.740. The molecule has 1 aliphatic rings. The lowest BCUT2D eigenvalue weighted by Gasteiger charge is -2.10. The lowest BCUT2D eigenvalue weighted by Crippen LogP contribution is -2.46. The molecule has 23 heavy (non-hydrogen) atoms. The van der Waals surface area contributed by atoms with Gasteiger partial charge in [-0.25, -0.2) is 4.39 Å². The van der Waals surface area contributed by atoms with Gasteiger partial charge in [0.2, 0.25) is 0 Å². The van der Waals surface area contributed by atoms with Gasteiger partial charge in [0, 0.05) is 12.2 Å². The Kier molecular flexibility index (Phi) is 4.33. The molecule has 120 valence electrons. The van der Waals surface area contributed by atoms with Crippen molar-refractivity contribution >= 4 is 11.8 Å². The van der Waals surface area contributed by atoms with Crippen LogP contribution in [0, 0.1) is 5.82 Å². The van der Waals surface area contributed by atoms with Gasteiger partial charge in [-0.15, -0.1) is 0 Å². The molecule has 7 nitrogen and oxygen atoms in total. The van der Waals surface area contributed by atoms with Crippen molar-refractivity contribution in [1.82, 2.24) is 21.0 Å². The Labute approximate surface area is 131 Å². The lowest BCUT2D eigenvalue weighted by molar-refractivity contribution is -0.130. The fourth-order valence-corrected chi connectivity index (χ4v) is 2.26. The molecule has 3 rings (SSSR count). The van der Waals surface area contributed by atoms with E-state index in [4.69, 9.17) is 4.74 Å². The van der Waals surface area contributed by atoms with Crippen molar-refractivity contribution in [3.05, 3.63) is 41.8 Å². The van der Waals surface area contributed by atoms with Gasteiger partial charge in [-0.3, -0.25) is 25.5 Å². The molecule has 0 aliphatic carbocycles. The van der Waals surface area contributed by atoms with E-state index in [1.165, 1.54) is 18.2 Å². The molecular formula is C15H15FN4O3. The number of nitrogens with one attached hydrogen (secondary N) is 3. The van der Waals surface area contributed by atoms with Gasteiger partial charge in [0.05, 0.1) is 5.69 Å². The molecule has 1 unspecified atom stereocenters. The van der Waals surface area contributed by atoms with Gasteiger partial charge in [-0.1, -0.05) is 0 Å². The summed E-state index contributed by atoms with van der Waals surface area (Å²) >= 11 is 0. The first-order valence-corrected chi connectivity index (χ1v) is 7.16. The maximum absolute atomic E-state index is 12.9. The highest BCUT2D eigenvalue weighted by Gasteiger charge is 2.24. The summed E-state index contributed by atoms with van der Waals surface area (Å²) in [5.41, 5.74) is 5.97. The maximum atomic E-state index is 12.9. The first-order chi connectivity index (χ1) is 11.1. The average Bonchev–Trinajstić information content (AvgIpc) is 3.24. The molecule has 1 saturated heterocycles. The number of aromatic nitrogens is 2. The number of carbonyl (C=O) groups is 2. The predicted molar refractivity (Wildman–Crippen MR) is 78.6 cm³/mol. The van der Waals surface area contributed by atoms with E-state index in [-0.39, 0.29) is 17.4 Å². The van der Waals surface area contributed by atoms with Gasteiger partial charge in [0.25, 0.3) is 11.8 Å². The lowest BCUT2D eigenvalue weighted by atomic mass is 10.1. The Bertz CT molecular complexity index is 708. The number of hydrogen-bond acceptors (Lipinski definition) is 4. The van der Waals surface area contributed by atoms with Crippen LogP contribution in [-0.2, 0) is 9.53 Å². The molecule has 1 atom stereocenters. The van der Waals surface area contributed by atoms with E-state index in [2.05, 4.69) is 21.0 Å². The molecule has 8 heteroatoms. The van der Waals surface area contributed by atoms with Crippen molar-refractivity contribution in [2.45, 2.75) is 18.9 Å². The summed E-state index contributed by atoms with van der Waals surface area (Å²) in [6.07, 6.45) is 0.945. The van der Waals surface area contributed by atoms with Gasteiger partial charge in [-0.2, -0.15) is 5.10 Å². The van der Waals surface area contributed by atoms with Crippen LogP contribution in [0.4, 0.5) is 4.39 Å². The number of H-pyrrole nitrogens is 1. The number of rotatable bonds is 3. The molecule has 0 spiro atoms. The number of ether oxygens (including phenoxy) is 1. The SMILES string of the molecule is O=C(NNC(=O)C1CCCO1)c1cc(-c2ccc(F)cc2)n[nH]1. The van der Waals surface area contributed by atoms with Gasteiger partial charge in [0.1, 0.15) is 17.6 Å². The van der Waals surface area contributed by atoms with Crippen molar-refractivity contribution in [2.24, 2.45) is 0 Å². The van der Waals surface area contributed by atoms with Crippen LogP contribution in [0.15, 0.2) is 30.3 Å². The zero-order chi connectivity index (χ0) is 16.2. The van der Waals surface area contributed by atoms with Gasteiger partial charge >= 0.3 is 0 Å².